The molecule has 0 bridgehead atoms. The van der Waals surface area contributed by atoms with Crippen molar-refractivity contribution >= 4 is 0 Å². The number of nitrogens with one attached hydrogen (secondary N) is 1. The highest BCUT2D eigenvalue weighted by Gasteiger charge is 2.40. The predicted octanol–water partition coefficient (Wildman–Crippen LogP) is 4.80. The van der Waals surface area contributed by atoms with E-state index in [0.717, 1.165) is 56.9 Å². The summed E-state index contributed by atoms with van der Waals surface area (Å²) in [4.78, 5) is 2.58. The second-order valence-corrected chi connectivity index (χ2v) is 10.5. The summed E-state index contributed by atoms with van der Waals surface area (Å²) in [6.07, 6.45) is 7.58. The van der Waals surface area contributed by atoms with Gasteiger partial charge in [0.15, 0.2) is 6.23 Å². The molecule has 166 valence electrons. The van der Waals surface area contributed by atoms with E-state index in [0.29, 0.717) is 6.04 Å². The third-order valence-corrected chi connectivity index (χ3v) is 6.39. The highest BCUT2D eigenvalue weighted by Crippen LogP contribution is 2.34. The van der Waals surface area contributed by atoms with Crippen LogP contribution in [0.2, 0.25) is 0 Å². The monoisotopic (exact) mass is 414 g/mol. The van der Waals surface area contributed by atoms with Crippen LogP contribution in [0.5, 0.6) is 0 Å². The molecule has 0 unspecified atom stereocenters. The van der Waals surface area contributed by atoms with E-state index in [1.807, 2.05) is 13.1 Å². The molecule has 2 aromatic heterocycles. The summed E-state index contributed by atoms with van der Waals surface area (Å²) < 4.78 is 14.1. The van der Waals surface area contributed by atoms with Crippen molar-refractivity contribution in [2.24, 2.45) is 0 Å². The van der Waals surface area contributed by atoms with Crippen molar-refractivity contribution in [3.05, 3.63) is 41.6 Å². The van der Waals surface area contributed by atoms with Gasteiger partial charge in [-0.1, -0.05) is 0 Å². The largest absolute Gasteiger partial charge is 0.465 e. The van der Waals surface area contributed by atoms with Gasteiger partial charge in [-0.3, -0.25) is 4.90 Å². The number of nitrogens with zero attached hydrogens (tertiary/aromatic N) is 3. The Morgan fingerprint density at radius 1 is 1.10 bits per heavy atom. The van der Waals surface area contributed by atoms with Crippen LogP contribution in [0, 0.1) is 6.92 Å². The van der Waals surface area contributed by atoms with Gasteiger partial charge in [-0.2, -0.15) is 5.10 Å². The van der Waals surface area contributed by atoms with Gasteiger partial charge in [-0.25, -0.2) is 4.68 Å². The first kappa shape index (κ1) is 21.6. The predicted molar refractivity (Wildman–Crippen MR) is 118 cm³/mol. The summed E-state index contributed by atoms with van der Waals surface area (Å²) in [6, 6.07) is 6.78. The molecule has 0 saturated carbocycles. The minimum atomic E-state index is 0.0670. The number of piperidine rings is 1. The zero-order valence-corrected chi connectivity index (χ0v) is 19.3. The maximum absolute atomic E-state index is 6.03. The molecule has 4 rings (SSSR count). The Labute approximate surface area is 181 Å². The quantitative estimate of drug-likeness (QED) is 0.736. The average molecular weight is 415 g/mol. The fourth-order valence-corrected chi connectivity index (χ4v) is 5.46. The Kier molecular flexibility index (Phi) is 6.11. The molecule has 6 heteroatoms. The highest BCUT2D eigenvalue weighted by molar-refractivity contribution is 5.09. The van der Waals surface area contributed by atoms with Crippen molar-refractivity contribution in [1.29, 1.82) is 0 Å². The van der Waals surface area contributed by atoms with Crippen molar-refractivity contribution in [3.63, 3.8) is 0 Å². The Hall–Kier alpha value is -1.63. The average Bonchev–Trinajstić information content (AvgIpc) is 3.28. The van der Waals surface area contributed by atoms with Crippen LogP contribution in [-0.2, 0) is 17.8 Å². The Morgan fingerprint density at radius 3 is 2.50 bits per heavy atom. The number of rotatable bonds is 6. The molecular weight excluding hydrogens is 376 g/mol. The molecule has 1 atom stereocenters. The molecular formula is C24H38N4O2. The molecule has 0 spiro atoms. The highest BCUT2D eigenvalue weighted by atomic mass is 16.5. The molecule has 30 heavy (non-hydrogen) atoms. The van der Waals surface area contributed by atoms with E-state index in [-0.39, 0.29) is 17.3 Å². The van der Waals surface area contributed by atoms with Crippen molar-refractivity contribution in [1.82, 2.24) is 20.0 Å². The maximum Gasteiger partial charge on any atom is 0.150 e. The van der Waals surface area contributed by atoms with Gasteiger partial charge in [0.05, 0.1) is 12.2 Å². The molecule has 2 saturated heterocycles. The molecule has 0 radical (unpaired) electrons. The topological polar surface area (TPSA) is 55.5 Å². The fraction of sp³-hybridized carbons (Fsp3) is 0.708. The first-order valence-corrected chi connectivity index (χ1v) is 11.4. The number of hydrogen-bond donors (Lipinski definition) is 1. The van der Waals surface area contributed by atoms with Crippen LogP contribution in [0.4, 0.5) is 0 Å². The number of furan rings is 1. The van der Waals surface area contributed by atoms with Gasteiger partial charge in [0.2, 0.25) is 0 Å². The summed E-state index contributed by atoms with van der Waals surface area (Å²) in [5.41, 5.74) is 1.41. The van der Waals surface area contributed by atoms with Crippen molar-refractivity contribution in [3.8, 4) is 0 Å². The van der Waals surface area contributed by atoms with Crippen LogP contribution in [-0.4, -0.2) is 38.4 Å². The van der Waals surface area contributed by atoms with Gasteiger partial charge >= 0.3 is 0 Å². The van der Waals surface area contributed by atoms with Gasteiger partial charge in [0.1, 0.15) is 11.5 Å². The minimum absolute atomic E-state index is 0.0670. The Morgan fingerprint density at radius 2 is 1.87 bits per heavy atom. The third-order valence-electron chi connectivity index (χ3n) is 6.39. The van der Waals surface area contributed by atoms with E-state index in [1.165, 1.54) is 12.1 Å². The summed E-state index contributed by atoms with van der Waals surface area (Å²) in [5.74, 6) is 2.00. The van der Waals surface area contributed by atoms with Crippen molar-refractivity contribution in [2.45, 2.75) is 103 Å². The maximum atomic E-state index is 6.03. The van der Waals surface area contributed by atoms with E-state index < -0.39 is 0 Å². The fourth-order valence-electron chi connectivity index (χ4n) is 5.46. The standard InChI is InChI=1S/C24H38N4O2/c1-18-9-10-21(30-18)17-27(20-14-23(2,3)26-24(4,5)15-20)16-19-11-12-25-28(19)22-8-6-7-13-29-22/h9-12,20,22,26H,6-8,13-17H2,1-5H3/t22-/m1/s1. The summed E-state index contributed by atoms with van der Waals surface area (Å²) in [5, 5.41) is 8.45. The molecule has 6 nitrogen and oxygen atoms in total. The van der Waals surface area contributed by atoms with Gasteiger partial charge < -0.3 is 14.5 Å². The normalized spacial score (nSPS) is 24.4. The van der Waals surface area contributed by atoms with Crippen molar-refractivity contribution in [2.75, 3.05) is 6.61 Å². The van der Waals surface area contributed by atoms with Gasteiger partial charge in [0, 0.05) is 36.5 Å². The summed E-state index contributed by atoms with van der Waals surface area (Å²) >= 11 is 0. The summed E-state index contributed by atoms with van der Waals surface area (Å²) in [6.45, 7) is 13.8. The smallest absolute Gasteiger partial charge is 0.150 e. The lowest BCUT2D eigenvalue weighted by molar-refractivity contribution is -0.0432. The molecule has 2 aromatic rings. The van der Waals surface area contributed by atoms with Crippen molar-refractivity contribution < 1.29 is 9.15 Å². The Balaban J connectivity index is 1.59. The lowest BCUT2D eigenvalue weighted by Crippen LogP contribution is -2.62. The Bertz CT molecular complexity index is 816. The van der Waals surface area contributed by atoms with Crippen LogP contribution in [0.25, 0.3) is 0 Å². The molecule has 2 fully saturated rings. The van der Waals surface area contributed by atoms with Gasteiger partial charge in [-0.05, 0) is 84.9 Å². The number of ether oxygens (including phenoxy) is 1. The second-order valence-electron chi connectivity index (χ2n) is 10.5. The zero-order valence-electron chi connectivity index (χ0n) is 19.3. The van der Waals surface area contributed by atoms with Gasteiger partial charge in [0.25, 0.3) is 0 Å². The molecule has 0 aliphatic carbocycles. The second kappa shape index (κ2) is 8.48. The lowest BCUT2D eigenvalue weighted by Gasteiger charge is -2.49. The molecule has 2 aliphatic rings. The van der Waals surface area contributed by atoms with Crippen LogP contribution >= 0.6 is 0 Å². The minimum Gasteiger partial charge on any atom is -0.465 e. The number of aromatic nitrogens is 2. The zero-order chi connectivity index (χ0) is 21.4. The van der Waals surface area contributed by atoms with Crippen LogP contribution in [0.1, 0.15) is 83.2 Å². The molecule has 0 amide bonds. The SMILES string of the molecule is Cc1ccc(CN(Cc2ccnn2[C@H]2CCCCO2)C2CC(C)(C)NC(C)(C)C2)o1. The van der Waals surface area contributed by atoms with E-state index in [9.17, 15) is 0 Å². The first-order chi connectivity index (χ1) is 14.2. The van der Waals surface area contributed by atoms with E-state index in [2.05, 4.69) is 65.9 Å². The van der Waals surface area contributed by atoms with E-state index in [4.69, 9.17) is 9.15 Å². The van der Waals surface area contributed by atoms with E-state index in [1.54, 1.807) is 0 Å². The molecule has 0 aromatic carbocycles. The number of aryl methyl sites for hydroxylation is 1. The third kappa shape index (κ3) is 5.16. The molecule has 4 heterocycles. The molecule has 1 N–H and O–H groups in total. The van der Waals surface area contributed by atoms with E-state index >= 15 is 0 Å². The molecule has 2 aliphatic heterocycles. The first-order valence-electron chi connectivity index (χ1n) is 11.4. The van der Waals surface area contributed by atoms with Crippen LogP contribution < -0.4 is 5.32 Å². The summed E-state index contributed by atoms with van der Waals surface area (Å²) in [7, 11) is 0. The van der Waals surface area contributed by atoms with Gasteiger partial charge in [-0.15, -0.1) is 0 Å². The van der Waals surface area contributed by atoms with Crippen LogP contribution in [0.3, 0.4) is 0 Å². The number of hydrogen-bond acceptors (Lipinski definition) is 5. The van der Waals surface area contributed by atoms with Crippen LogP contribution in [0.15, 0.2) is 28.8 Å². The lowest BCUT2D eigenvalue weighted by atomic mass is 9.79.